The number of carbonyl (C=O) groups excluding carboxylic acids is 4. The van der Waals surface area contributed by atoms with Gasteiger partial charge in [0.05, 0.1) is 0 Å². The first-order valence-electron chi connectivity index (χ1n) is 14.1. The van der Waals surface area contributed by atoms with Crippen molar-refractivity contribution in [3.8, 4) is 0 Å². The number of ether oxygens (including phenoxy) is 2. The van der Waals surface area contributed by atoms with Crippen molar-refractivity contribution in [1.29, 1.82) is 0 Å². The maximum absolute atomic E-state index is 14.0. The fourth-order valence-corrected chi connectivity index (χ4v) is 4.41. The van der Waals surface area contributed by atoms with Gasteiger partial charge in [0.2, 0.25) is 11.8 Å². The molecular weight excluding hydrogens is 554 g/mol. The topological polar surface area (TPSA) is 114 Å². The number of aryl methyl sites for hydroxylation is 1. The van der Waals surface area contributed by atoms with E-state index in [1.165, 1.54) is 11.9 Å². The molecule has 2 rings (SSSR count). The van der Waals surface area contributed by atoms with Crippen LogP contribution in [0.5, 0.6) is 0 Å². The van der Waals surface area contributed by atoms with Crippen molar-refractivity contribution in [2.45, 2.75) is 90.6 Å². The van der Waals surface area contributed by atoms with Gasteiger partial charge in [-0.05, 0) is 64.7 Å². The molecule has 230 valence electrons. The van der Waals surface area contributed by atoms with Crippen molar-refractivity contribution in [3.05, 3.63) is 71.3 Å². The molecule has 9 nitrogen and oxygen atoms in total. The zero-order valence-electron chi connectivity index (χ0n) is 25.9. The summed E-state index contributed by atoms with van der Waals surface area (Å²) in [6.45, 7) is 12.4. The monoisotopic (exact) mass is 599 g/mol. The van der Waals surface area contributed by atoms with Gasteiger partial charge in [-0.3, -0.25) is 9.59 Å². The van der Waals surface area contributed by atoms with E-state index in [1.54, 1.807) is 53.7 Å². The Balaban J connectivity index is 2.43. The van der Waals surface area contributed by atoms with E-state index in [0.717, 1.165) is 17.5 Å². The molecule has 0 spiro atoms. The van der Waals surface area contributed by atoms with E-state index < -0.39 is 53.2 Å². The number of nitrogens with one attached hydrogen (secondary N) is 2. The van der Waals surface area contributed by atoms with E-state index in [-0.39, 0.29) is 12.2 Å². The minimum Gasteiger partial charge on any atom is -0.458 e. The molecule has 0 radical (unpaired) electrons. The van der Waals surface area contributed by atoms with Gasteiger partial charge in [-0.25, -0.2) is 9.59 Å². The van der Waals surface area contributed by atoms with Crippen molar-refractivity contribution in [3.63, 3.8) is 0 Å². The third-order valence-corrected chi connectivity index (χ3v) is 6.51. The second-order valence-electron chi connectivity index (χ2n) is 12.1. The van der Waals surface area contributed by atoms with E-state index >= 15 is 0 Å². The molecule has 0 saturated carbocycles. The van der Waals surface area contributed by atoms with Crippen LogP contribution >= 0.6 is 12.6 Å². The molecule has 0 aliphatic heterocycles. The summed E-state index contributed by atoms with van der Waals surface area (Å²) in [4.78, 5) is 54.6. The molecule has 2 aromatic carbocycles. The predicted molar refractivity (Wildman–Crippen MR) is 166 cm³/mol. The number of benzene rings is 2. The molecule has 2 N–H and O–H groups in total. The van der Waals surface area contributed by atoms with E-state index in [9.17, 15) is 19.2 Å². The van der Waals surface area contributed by atoms with Gasteiger partial charge < -0.3 is 25.0 Å². The summed E-state index contributed by atoms with van der Waals surface area (Å²) in [5.41, 5.74) is 0.893. The Morgan fingerprint density at radius 3 is 1.88 bits per heavy atom. The quantitative estimate of drug-likeness (QED) is 0.256. The number of likely N-dealkylation sites (N-methyl/N-ethyl adjacent to an activating group) is 1. The first kappa shape index (κ1) is 34.7. The zero-order chi connectivity index (χ0) is 31.7. The summed E-state index contributed by atoms with van der Waals surface area (Å²) in [6, 6.07) is 13.4. The van der Waals surface area contributed by atoms with Gasteiger partial charge in [0.25, 0.3) is 0 Å². The number of amides is 3. The highest BCUT2D eigenvalue weighted by Crippen LogP contribution is 2.23. The van der Waals surface area contributed by atoms with E-state index in [1.807, 2.05) is 49.4 Å². The van der Waals surface area contributed by atoms with Crippen LogP contribution < -0.4 is 10.6 Å². The summed E-state index contributed by atoms with van der Waals surface area (Å²) in [5, 5.41) is 5.39. The molecule has 0 heterocycles. The fraction of sp³-hybridized carbons (Fsp3) is 0.500. The summed E-state index contributed by atoms with van der Waals surface area (Å²) >= 11 is 4.27. The Bertz CT molecular complexity index is 1210. The van der Waals surface area contributed by atoms with Crippen molar-refractivity contribution in [2.24, 2.45) is 0 Å². The van der Waals surface area contributed by atoms with Gasteiger partial charge in [0, 0.05) is 19.2 Å². The maximum atomic E-state index is 14.0. The van der Waals surface area contributed by atoms with Crippen LogP contribution in [0, 0.1) is 0 Å². The van der Waals surface area contributed by atoms with Crippen LogP contribution in [0.2, 0.25) is 0 Å². The molecule has 42 heavy (non-hydrogen) atoms. The number of alkyl carbamates (subject to hydrolysis) is 1. The standard InChI is InChI=1S/C32H45N3O6S/c1-9-21-15-17-23(18-16-21)26(35(8)28(37)25(20-42)34-30(39)41-32(5,6)7)27(36)33-24(29(38)40-31(2,3)4)19-22-13-11-10-12-14-22/h10-18,24-26,42H,9,19-20H2,1-8H3,(H,33,36)(H,34,39). The lowest BCUT2D eigenvalue weighted by Crippen LogP contribution is -2.54. The Kier molecular flexibility index (Phi) is 12.5. The number of esters is 1. The van der Waals surface area contributed by atoms with Crippen molar-refractivity contribution in [1.82, 2.24) is 15.5 Å². The number of hydrogen-bond acceptors (Lipinski definition) is 7. The lowest BCUT2D eigenvalue weighted by molar-refractivity contribution is -0.159. The molecular formula is C32H45N3O6S. The molecule has 3 atom stereocenters. The lowest BCUT2D eigenvalue weighted by atomic mass is 10.00. The molecule has 3 unspecified atom stereocenters. The number of rotatable bonds is 11. The SMILES string of the molecule is CCc1ccc(C(C(=O)NC(Cc2ccccc2)C(=O)OC(C)(C)C)N(C)C(=O)C(CS)NC(=O)OC(C)(C)C)cc1. The number of hydrogen-bond donors (Lipinski definition) is 3. The zero-order valence-corrected chi connectivity index (χ0v) is 26.8. The van der Waals surface area contributed by atoms with Crippen molar-refractivity contribution >= 4 is 36.5 Å². The highest BCUT2D eigenvalue weighted by atomic mass is 32.1. The van der Waals surface area contributed by atoms with Crippen LogP contribution in [-0.2, 0) is 36.7 Å². The van der Waals surface area contributed by atoms with E-state index in [2.05, 4.69) is 23.3 Å². The molecule has 0 aliphatic carbocycles. The van der Waals surface area contributed by atoms with Gasteiger partial charge in [-0.1, -0.05) is 61.5 Å². The van der Waals surface area contributed by atoms with Gasteiger partial charge in [-0.15, -0.1) is 0 Å². The number of carbonyl (C=O) groups is 4. The molecule has 0 saturated heterocycles. The van der Waals surface area contributed by atoms with Gasteiger partial charge in [0.15, 0.2) is 0 Å². The largest absolute Gasteiger partial charge is 0.458 e. The van der Waals surface area contributed by atoms with Crippen LogP contribution in [0.4, 0.5) is 4.79 Å². The van der Waals surface area contributed by atoms with Gasteiger partial charge in [-0.2, -0.15) is 12.6 Å². The predicted octanol–water partition coefficient (Wildman–Crippen LogP) is 4.64. The summed E-state index contributed by atoms with van der Waals surface area (Å²) in [5.74, 6) is -1.74. The smallest absolute Gasteiger partial charge is 0.408 e. The van der Waals surface area contributed by atoms with Crippen LogP contribution in [0.15, 0.2) is 54.6 Å². The molecule has 3 amide bonds. The second-order valence-corrected chi connectivity index (χ2v) is 12.5. The molecule has 0 fully saturated rings. The van der Waals surface area contributed by atoms with Gasteiger partial charge >= 0.3 is 12.1 Å². The first-order valence-corrected chi connectivity index (χ1v) is 14.7. The second kappa shape index (κ2) is 15.1. The molecule has 0 bridgehead atoms. The average molecular weight is 600 g/mol. The summed E-state index contributed by atoms with van der Waals surface area (Å²) in [7, 11) is 1.48. The molecule has 10 heteroatoms. The molecule has 2 aromatic rings. The minimum absolute atomic E-state index is 0.0277. The Morgan fingerprint density at radius 2 is 1.38 bits per heavy atom. The lowest BCUT2D eigenvalue weighted by Gasteiger charge is -2.32. The fourth-order valence-electron chi connectivity index (χ4n) is 4.16. The summed E-state index contributed by atoms with van der Waals surface area (Å²) < 4.78 is 10.9. The van der Waals surface area contributed by atoms with Crippen molar-refractivity contribution < 1.29 is 28.7 Å². The summed E-state index contributed by atoms with van der Waals surface area (Å²) in [6.07, 6.45) is 0.218. The Hall–Kier alpha value is -3.53. The van der Waals surface area contributed by atoms with Crippen molar-refractivity contribution in [2.75, 3.05) is 12.8 Å². The van der Waals surface area contributed by atoms with Crippen LogP contribution in [0.25, 0.3) is 0 Å². The van der Waals surface area contributed by atoms with Crippen LogP contribution in [-0.4, -0.2) is 64.9 Å². The normalized spacial score (nSPS) is 13.7. The third-order valence-electron chi connectivity index (χ3n) is 6.15. The highest BCUT2D eigenvalue weighted by molar-refractivity contribution is 7.80. The highest BCUT2D eigenvalue weighted by Gasteiger charge is 2.36. The van der Waals surface area contributed by atoms with E-state index in [4.69, 9.17) is 9.47 Å². The average Bonchev–Trinajstić information content (AvgIpc) is 2.90. The van der Waals surface area contributed by atoms with Crippen LogP contribution in [0.1, 0.15) is 71.2 Å². The first-order chi connectivity index (χ1) is 19.5. The third kappa shape index (κ3) is 11.0. The van der Waals surface area contributed by atoms with Crippen LogP contribution in [0.3, 0.4) is 0 Å². The van der Waals surface area contributed by atoms with E-state index in [0.29, 0.717) is 5.56 Å². The Labute approximate surface area is 255 Å². The van der Waals surface area contributed by atoms with Gasteiger partial charge in [0.1, 0.15) is 29.3 Å². The Morgan fingerprint density at radius 1 is 0.810 bits per heavy atom. The minimum atomic E-state index is -1.12. The maximum Gasteiger partial charge on any atom is 0.408 e. The number of nitrogens with zero attached hydrogens (tertiary/aromatic N) is 1. The molecule has 0 aliphatic rings. The number of thiol groups is 1. The molecule has 0 aromatic heterocycles.